The maximum absolute atomic E-state index is 12.1. The van der Waals surface area contributed by atoms with Crippen molar-refractivity contribution in [2.75, 3.05) is 0 Å². The van der Waals surface area contributed by atoms with Gasteiger partial charge in [-0.25, -0.2) is 0 Å². The normalized spacial score (nSPS) is 11.3. The smallest absolute Gasteiger partial charge is 0.310 e. The van der Waals surface area contributed by atoms with Crippen molar-refractivity contribution in [2.24, 2.45) is 0 Å². The first kappa shape index (κ1) is 22.9. The lowest BCUT2D eigenvalue weighted by Gasteiger charge is -2.19. The monoisotopic (exact) mass is 436 g/mol. The van der Waals surface area contributed by atoms with E-state index >= 15 is 0 Å². The third-order valence-electron chi connectivity index (χ3n) is 4.88. The first-order chi connectivity index (χ1) is 14.6. The second-order valence-corrected chi connectivity index (χ2v) is 9.18. The number of aryl methyl sites for hydroxylation is 2. The Morgan fingerprint density at radius 1 is 0.935 bits per heavy atom. The Morgan fingerprint density at radius 2 is 1.61 bits per heavy atom. The van der Waals surface area contributed by atoms with Gasteiger partial charge in [0.05, 0.1) is 6.42 Å². The van der Waals surface area contributed by atoms with Gasteiger partial charge < -0.3 is 9.47 Å². The maximum atomic E-state index is 12.1. The fourth-order valence-corrected chi connectivity index (χ4v) is 3.78. The van der Waals surface area contributed by atoms with E-state index in [1.165, 1.54) is 22.3 Å². The molecule has 0 saturated heterocycles. The minimum atomic E-state index is -0.516. The molecule has 0 N–H and O–H groups in total. The summed E-state index contributed by atoms with van der Waals surface area (Å²) in [4.78, 5) is 12.1. The average molecular weight is 437 g/mol. The van der Waals surface area contributed by atoms with E-state index in [-0.39, 0.29) is 12.4 Å². The molecule has 0 saturated carbocycles. The van der Waals surface area contributed by atoms with Crippen LogP contribution in [0.4, 0.5) is 0 Å². The van der Waals surface area contributed by atoms with Gasteiger partial charge in [0.2, 0.25) is 0 Å². The standard InChI is InChI=1S/C27H29ClO3/c1-18-8-6-9-19(2)26(18)22-11-7-10-20(14-22)17-30-23-13-12-21(24(28)16-23)15-25(29)31-27(3,4)5/h6-14,16H,15,17H2,1-5H3. The minimum absolute atomic E-state index is 0.133. The number of esters is 1. The van der Waals surface area contributed by atoms with Crippen LogP contribution >= 0.6 is 11.6 Å². The van der Waals surface area contributed by atoms with Crippen LogP contribution in [-0.2, 0) is 22.6 Å². The molecule has 4 heteroatoms. The highest BCUT2D eigenvalue weighted by atomic mass is 35.5. The summed E-state index contributed by atoms with van der Waals surface area (Å²) in [5.74, 6) is 0.363. The summed E-state index contributed by atoms with van der Waals surface area (Å²) in [6.07, 6.45) is 0.133. The molecule has 0 heterocycles. The van der Waals surface area contributed by atoms with Crippen molar-refractivity contribution < 1.29 is 14.3 Å². The van der Waals surface area contributed by atoms with Crippen LogP contribution in [-0.4, -0.2) is 11.6 Å². The van der Waals surface area contributed by atoms with Crippen molar-refractivity contribution in [1.82, 2.24) is 0 Å². The Hall–Kier alpha value is -2.78. The summed E-state index contributed by atoms with van der Waals surface area (Å²) < 4.78 is 11.3. The fourth-order valence-electron chi connectivity index (χ4n) is 3.55. The number of carbonyl (C=O) groups is 1. The molecule has 0 aliphatic heterocycles. The van der Waals surface area contributed by atoms with Gasteiger partial charge in [0.15, 0.2) is 0 Å². The average Bonchev–Trinajstić information content (AvgIpc) is 2.67. The number of hydrogen-bond donors (Lipinski definition) is 0. The van der Waals surface area contributed by atoms with Crippen molar-refractivity contribution in [3.8, 4) is 16.9 Å². The molecule has 0 aliphatic rings. The summed E-state index contributed by atoms with van der Waals surface area (Å²) in [6, 6.07) is 20.1. The lowest BCUT2D eigenvalue weighted by Crippen LogP contribution is -2.24. The van der Waals surface area contributed by atoms with Gasteiger partial charge in [0.25, 0.3) is 0 Å². The second kappa shape index (κ2) is 9.57. The highest BCUT2D eigenvalue weighted by molar-refractivity contribution is 6.31. The van der Waals surface area contributed by atoms with Crippen LogP contribution in [0.3, 0.4) is 0 Å². The van der Waals surface area contributed by atoms with E-state index < -0.39 is 5.60 Å². The van der Waals surface area contributed by atoms with E-state index in [9.17, 15) is 4.79 Å². The molecule has 3 rings (SSSR count). The zero-order valence-corrected chi connectivity index (χ0v) is 19.5. The van der Waals surface area contributed by atoms with Gasteiger partial charge in [-0.15, -0.1) is 0 Å². The Balaban J connectivity index is 1.68. The maximum Gasteiger partial charge on any atom is 0.310 e. The molecule has 162 valence electrons. The number of ether oxygens (including phenoxy) is 2. The van der Waals surface area contributed by atoms with E-state index in [1.807, 2.05) is 32.9 Å². The van der Waals surface area contributed by atoms with Crippen molar-refractivity contribution in [1.29, 1.82) is 0 Å². The number of hydrogen-bond acceptors (Lipinski definition) is 3. The van der Waals surface area contributed by atoms with Crippen LogP contribution in [0.25, 0.3) is 11.1 Å². The molecule has 0 bridgehead atoms. The lowest BCUT2D eigenvalue weighted by atomic mass is 9.95. The van der Waals surface area contributed by atoms with Gasteiger partial charge in [-0.2, -0.15) is 0 Å². The third-order valence-corrected chi connectivity index (χ3v) is 5.23. The molecule has 0 unspecified atom stereocenters. The Labute approximate surface area is 190 Å². The lowest BCUT2D eigenvalue weighted by molar-refractivity contribution is -0.153. The topological polar surface area (TPSA) is 35.5 Å². The van der Waals surface area contributed by atoms with Crippen LogP contribution in [0.5, 0.6) is 5.75 Å². The van der Waals surface area contributed by atoms with E-state index in [2.05, 4.69) is 56.3 Å². The van der Waals surface area contributed by atoms with Crippen LogP contribution in [0.1, 0.15) is 43.0 Å². The molecule has 0 fully saturated rings. The first-order valence-corrected chi connectivity index (χ1v) is 10.8. The van der Waals surface area contributed by atoms with Gasteiger partial charge in [-0.1, -0.05) is 54.1 Å². The van der Waals surface area contributed by atoms with Gasteiger partial charge in [-0.3, -0.25) is 4.79 Å². The molecule has 0 atom stereocenters. The Morgan fingerprint density at radius 3 is 2.26 bits per heavy atom. The molecule has 0 aliphatic carbocycles. The van der Waals surface area contributed by atoms with E-state index in [0.717, 1.165) is 11.1 Å². The number of carbonyl (C=O) groups excluding carboxylic acids is 1. The second-order valence-electron chi connectivity index (χ2n) is 8.77. The quantitative estimate of drug-likeness (QED) is 0.387. The minimum Gasteiger partial charge on any atom is -0.489 e. The first-order valence-electron chi connectivity index (χ1n) is 10.4. The van der Waals surface area contributed by atoms with E-state index in [0.29, 0.717) is 17.4 Å². The van der Waals surface area contributed by atoms with Gasteiger partial charge in [-0.05, 0) is 86.2 Å². The highest BCUT2D eigenvalue weighted by Gasteiger charge is 2.17. The predicted molar refractivity (Wildman–Crippen MR) is 127 cm³/mol. The van der Waals surface area contributed by atoms with Crippen LogP contribution < -0.4 is 4.74 Å². The predicted octanol–water partition coefficient (Wildman–Crippen LogP) is 7.09. The van der Waals surface area contributed by atoms with Gasteiger partial charge in [0.1, 0.15) is 18.0 Å². The Bertz CT molecular complexity index is 1060. The highest BCUT2D eigenvalue weighted by Crippen LogP contribution is 2.29. The Kier molecular flexibility index (Phi) is 7.07. The summed E-state index contributed by atoms with van der Waals surface area (Å²) in [6.45, 7) is 10.2. The summed E-state index contributed by atoms with van der Waals surface area (Å²) >= 11 is 6.38. The van der Waals surface area contributed by atoms with Crippen LogP contribution in [0.2, 0.25) is 5.02 Å². The molecule has 31 heavy (non-hydrogen) atoms. The van der Waals surface area contributed by atoms with Crippen LogP contribution in [0, 0.1) is 13.8 Å². The largest absolute Gasteiger partial charge is 0.489 e. The van der Waals surface area contributed by atoms with Crippen molar-refractivity contribution in [3.63, 3.8) is 0 Å². The summed E-state index contributed by atoms with van der Waals surface area (Å²) in [5, 5.41) is 0.493. The van der Waals surface area contributed by atoms with Crippen molar-refractivity contribution >= 4 is 17.6 Å². The van der Waals surface area contributed by atoms with Gasteiger partial charge >= 0.3 is 5.97 Å². The molecular formula is C27H29ClO3. The van der Waals surface area contributed by atoms with Gasteiger partial charge in [0, 0.05) is 5.02 Å². The summed E-state index contributed by atoms with van der Waals surface area (Å²) in [5.41, 5.74) is 6.24. The molecule has 0 radical (unpaired) electrons. The van der Waals surface area contributed by atoms with Crippen LogP contribution in [0.15, 0.2) is 60.7 Å². The molecule has 3 aromatic carbocycles. The van der Waals surface area contributed by atoms with Crippen molar-refractivity contribution in [2.45, 2.75) is 53.2 Å². The zero-order valence-electron chi connectivity index (χ0n) is 18.8. The third kappa shape index (κ3) is 6.35. The summed E-state index contributed by atoms with van der Waals surface area (Å²) in [7, 11) is 0. The molecule has 0 spiro atoms. The number of benzene rings is 3. The zero-order chi connectivity index (χ0) is 22.6. The molecule has 3 aromatic rings. The molecule has 3 nitrogen and oxygen atoms in total. The fraction of sp³-hybridized carbons (Fsp3) is 0.296. The van der Waals surface area contributed by atoms with Crippen molar-refractivity contribution in [3.05, 3.63) is 87.9 Å². The number of rotatable bonds is 6. The molecule has 0 amide bonds. The number of halogens is 1. The van der Waals surface area contributed by atoms with E-state index in [4.69, 9.17) is 21.1 Å². The van der Waals surface area contributed by atoms with E-state index in [1.54, 1.807) is 6.07 Å². The molecular weight excluding hydrogens is 408 g/mol. The molecule has 0 aromatic heterocycles. The SMILES string of the molecule is Cc1cccc(C)c1-c1cccc(COc2ccc(CC(=O)OC(C)(C)C)c(Cl)c2)c1.